The number of ether oxygens (including phenoxy) is 2. The molecule has 0 saturated heterocycles. The highest BCUT2D eigenvalue weighted by Gasteiger charge is 2.19. The first-order valence-corrected chi connectivity index (χ1v) is 5.75. The summed E-state index contributed by atoms with van der Waals surface area (Å²) in [6, 6.07) is 0.811. The third-order valence-corrected chi connectivity index (χ3v) is 2.40. The van der Waals surface area contributed by atoms with E-state index >= 15 is 0 Å². The van der Waals surface area contributed by atoms with Crippen LogP contribution in [-0.2, 0) is 9.47 Å². The lowest BCUT2D eigenvalue weighted by atomic mass is 10.3. The van der Waals surface area contributed by atoms with Gasteiger partial charge in [-0.15, -0.1) is 0 Å². The van der Waals surface area contributed by atoms with Gasteiger partial charge in [-0.05, 0) is 39.7 Å². The first-order chi connectivity index (χ1) is 6.83. The van der Waals surface area contributed by atoms with Crippen LogP contribution in [0.3, 0.4) is 0 Å². The van der Waals surface area contributed by atoms with E-state index in [-0.39, 0.29) is 0 Å². The number of rotatable bonds is 9. The van der Waals surface area contributed by atoms with Crippen molar-refractivity contribution in [3.05, 3.63) is 0 Å². The molecule has 1 aliphatic rings. The summed E-state index contributed by atoms with van der Waals surface area (Å²) in [7, 11) is 0. The monoisotopic (exact) mass is 201 g/mol. The van der Waals surface area contributed by atoms with Gasteiger partial charge in [-0.2, -0.15) is 0 Å². The zero-order valence-corrected chi connectivity index (χ0v) is 9.42. The molecule has 0 spiro atoms. The van der Waals surface area contributed by atoms with E-state index in [1.165, 1.54) is 12.8 Å². The highest BCUT2D eigenvalue weighted by Crippen LogP contribution is 2.18. The minimum absolute atomic E-state index is 0.349. The van der Waals surface area contributed by atoms with Gasteiger partial charge in [0.2, 0.25) is 0 Å². The van der Waals surface area contributed by atoms with Gasteiger partial charge < -0.3 is 14.8 Å². The average molecular weight is 201 g/mol. The van der Waals surface area contributed by atoms with Crippen LogP contribution >= 0.6 is 0 Å². The van der Waals surface area contributed by atoms with Crippen LogP contribution in [0.5, 0.6) is 0 Å². The van der Waals surface area contributed by atoms with E-state index in [4.69, 9.17) is 9.47 Å². The van der Waals surface area contributed by atoms with Gasteiger partial charge in [-0.1, -0.05) is 0 Å². The number of hydrogen-bond donors (Lipinski definition) is 1. The van der Waals surface area contributed by atoms with Crippen molar-refractivity contribution < 1.29 is 9.47 Å². The Labute approximate surface area is 87.2 Å². The van der Waals surface area contributed by atoms with E-state index in [1.54, 1.807) is 0 Å². The molecule has 1 N–H and O–H groups in total. The van der Waals surface area contributed by atoms with Gasteiger partial charge in [0.25, 0.3) is 0 Å². The van der Waals surface area contributed by atoms with Gasteiger partial charge in [0.15, 0.2) is 0 Å². The fraction of sp³-hybridized carbons (Fsp3) is 1.00. The van der Waals surface area contributed by atoms with Crippen molar-refractivity contribution in [2.45, 2.75) is 45.3 Å². The van der Waals surface area contributed by atoms with Crippen molar-refractivity contribution in [3.63, 3.8) is 0 Å². The zero-order chi connectivity index (χ0) is 10.2. The smallest absolute Gasteiger partial charge is 0.0704 e. The molecule has 1 saturated carbocycles. The standard InChI is InChI=1S/C11H23NO2/c1-3-13-8-9-14-10(2)6-7-12-11-4-5-11/h10-12H,3-9H2,1-2H3. The van der Waals surface area contributed by atoms with Crippen LogP contribution in [0.25, 0.3) is 0 Å². The SMILES string of the molecule is CCOCCOC(C)CCNC1CC1. The van der Waals surface area contributed by atoms with Crippen LogP contribution in [0.1, 0.15) is 33.1 Å². The van der Waals surface area contributed by atoms with E-state index < -0.39 is 0 Å². The van der Waals surface area contributed by atoms with Gasteiger partial charge in [0, 0.05) is 12.6 Å². The largest absolute Gasteiger partial charge is 0.379 e. The molecule has 1 atom stereocenters. The third kappa shape index (κ3) is 6.35. The summed E-state index contributed by atoms with van der Waals surface area (Å²) in [5.41, 5.74) is 0. The number of hydrogen-bond acceptors (Lipinski definition) is 3. The summed E-state index contributed by atoms with van der Waals surface area (Å²) < 4.78 is 10.8. The molecule has 1 fully saturated rings. The first-order valence-electron chi connectivity index (χ1n) is 5.75. The second-order valence-electron chi connectivity index (χ2n) is 3.90. The van der Waals surface area contributed by atoms with E-state index in [9.17, 15) is 0 Å². The normalized spacial score (nSPS) is 18.4. The Morgan fingerprint density at radius 1 is 1.36 bits per heavy atom. The summed E-state index contributed by atoms with van der Waals surface area (Å²) >= 11 is 0. The molecule has 1 rings (SSSR count). The van der Waals surface area contributed by atoms with Crippen molar-refractivity contribution in [2.24, 2.45) is 0 Å². The minimum Gasteiger partial charge on any atom is -0.379 e. The van der Waals surface area contributed by atoms with Gasteiger partial charge in [-0.25, -0.2) is 0 Å². The molecule has 0 radical (unpaired) electrons. The molecule has 0 aromatic carbocycles. The van der Waals surface area contributed by atoms with Crippen molar-refractivity contribution in [1.82, 2.24) is 5.32 Å². The first kappa shape index (κ1) is 12.0. The fourth-order valence-corrected chi connectivity index (χ4v) is 1.31. The molecule has 3 nitrogen and oxygen atoms in total. The lowest BCUT2D eigenvalue weighted by molar-refractivity contribution is 0.0124. The van der Waals surface area contributed by atoms with Crippen LogP contribution in [-0.4, -0.2) is 38.5 Å². The van der Waals surface area contributed by atoms with Gasteiger partial charge in [0.1, 0.15) is 0 Å². The molecule has 14 heavy (non-hydrogen) atoms. The molecule has 0 heterocycles. The zero-order valence-electron chi connectivity index (χ0n) is 9.42. The Bertz CT molecular complexity index is 137. The molecular formula is C11H23NO2. The topological polar surface area (TPSA) is 30.5 Å². The maximum Gasteiger partial charge on any atom is 0.0704 e. The molecule has 1 unspecified atom stereocenters. The Balaban J connectivity index is 1.79. The molecule has 3 heteroatoms. The molecule has 0 amide bonds. The second kappa shape index (κ2) is 7.21. The quantitative estimate of drug-likeness (QED) is 0.574. The van der Waals surface area contributed by atoms with E-state index in [1.807, 2.05) is 6.92 Å². The third-order valence-electron chi connectivity index (χ3n) is 2.40. The van der Waals surface area contributed by atoms with Crippen molar-refractivity contribution in [3.8, 4) is 0 Å². The highest BCUT2D eigenvalue weighted by molar-refractivity contribution is 4.80. The van der Waals surface area contributed by atoms with Crippen LogP contribution < -0.4 is 5.32 Å². The lowest BCUT2D eigenvalue weighted by Crippen LogP contribution is -2.23. The van der Waals surface area contributed by atoms with E-state index in [0.29, 0.717) is 6.10 Å². The Morgan fingerprint density at radius 3 is 2.79 bits per heavy atom. The molecule has 1 aliphatic carbocycles. The summed E-state index contributed by atoms with van der Waals surface area (Å²) in [5, 5.41) is 3.48. The molecule has 0 aromatic heterocycles. The number of nitrogens with one attached hydrogen (secondary N) is 1. The lowest BCUT2D eigenvalue weighted by Gasteiger charge is -2.13. The molecule has 0 aliphatic heterocycles. The maximum absolute atomic E-state index is 5.58. The predicted octanol–water partition coefficient (Wildman–Crippen LogP) is 1.57. The Hall–Kier alpha value is -0.120. The summed E-state index contributed by atoms with van der Waals surface area (Å²) in [5.74, 6) is 0. The predicted molar refractivity (Wildman–Crippen MR) is 57.5 cm³/mol. The summed E-state index contributed by atoms with van der Waals surface area (Å²) in [6.45, 7) is 7.43. The van der Waals surface area contributed by atoms with Crippen LogP contribution in [0.2, 0.25) is 0 Å². The van der Waals surface area contributed by atoms with Crippen molar-refractivity contribution in [1.29, 1.82) is 0 Å². The average Bonchev–Trinajstić information content (AvgIpc) is 2.96. The van der Waals surface area contributed by atoms with Gasteiger partial charge >= 0.3 is 0 Å². The summed E-state index contributed by atoms with van der Waals surface area (Å²) in [4.78, 5) is 0. The van der Waals surface area contributed by atoms with Crippen LogP contribution in [0.4, 0.5) is 0 Å². The van der Waals surface area contributed by atoms with E-state index in [0.717, 1.165) is 38.8 Å². The van der Waals surface area contributed by atoms with Crippen LogP contribution in [0.15, 0.2) is 0 Å². The molecule has 0 aromatic rings. The van der Waals surface area contributed by atoms with E-state index in [2.05, 4.69) is 12.2 Å². The van der Waals surface area contributed by atoms with Gasteiger partial charge in [0.05, 0.1) is 19.3 Å². The highest BCUT2D eigenvalue weighted by atomic mass is 16.5. The second-order valence-corrected chi connectivity index (χ2v) is 3.90. The van der Waals surface area contributed by atoms with Crippen LogP contribution in [0, 0.1) is 0 Å². The minimum atomic E-state index is 0.349. The Morgan fingerprint density at radius 2 is 2.14 bits per heavy atom. The fourth-order valence-electron chi connectivity index (χ4n) is 1.31. The van der Waals surface area contributed by atoms with Crippen molar-refractivity contribution >= 4 is 0 Å². The molecule has 84 valence electrons. The molecular weight excluding hydrogens is 178 g/mol. The van der Waals surface area contributed by atoms with Crippen molar-refractivity contribution in [2.75, 3.05) is 26.4 Å². The van der Waals surface area contributed by atoms with Gasteiger partial charge in [-0.3, -0.25) is 0 Å². The maximum atomic E-state index is 5.58. The summed E-state index contributed by atoms with van der Waals surface area (Å²) in [6.07, 6.45) is 4.17. The Kier molecular flexibility index (Phi) is 6.15. The molecule has 0 bridgehead atoms.